The van der Waals surface area contributed by atoms with Gasteiger partial charge in [0.25, 0.3) is 0 Å². The van der Waals surface area contributed by atoms with E-state index in [0.717, 1.165) is 50.8 Å². The number of carbonyl (C=O) groups is 2. The molecule has 1 spiro atoms. The van der Waals surface area contributed by atoms with Crippen molar-refractivity contribution in [1.29, 1.82) is 0 Å². The van der Waals surface area contributed by atoms with Crippen LogP contribution in [0.3, 0.4) is 0 Å². The molecule has 1 aromatic rings. The minimum absolute atomic E-state index is 0.0256. The Hall–Kier alpha value is -2.24. The Morgan fingerprint density at radius 3 is 2.68 bits per heavy atom. The topological polar surface area (TPSA) is 72.9 Å². The minimum atomic E-state index is -0.413. The van der Waals surface area contributed by atoms with Gasteiger partial charge in [0, 0.05) is 37.6 Å². The van der Waals surface area contributed by atoms with E-state index in [2.05, 4.69) is 37.1 Å². The first-order valence-corrected chi connectivity index (χ1v) is 11.8. The number of rotatable bonds is 0. The van der Waals surface area contributed by atoms with Crippen molar-refractivity contribution in [1.82, 2.24) is 15.1 Å². The molecule has 6 nitrogen and oxygen atoms in total. The van der Waals surface area contributed by atoms with Crippen LogP contribution in [0.25, 0.3) is 0 Å². The van der Waals surface area contributed by atoms with Crippen LogP contribution in [0.2, 0.25) is 0 Å². The SMILES string of the molecule is CC1(C)[C@@H]2Cc3c(O)cccc3[C@@]1(C)CCN2C(=O)N1CCCC2(CCCNC2=O)C1. The van der Waals surface area contributed by atoms with Crippen LogP contribution in [-0.4, -0.2) is 59.1 Å². The monoisotopic (exact) mass is 425 g/mol. The number of amides is 3. The molecule has 168 valence electrons. The van der Waals surface area contributed by atoms with Crippen molar-refractivity contribution >= 4 is 11.9 Å². The highest BCUT2D eigenvalue weighted by atomic mass is 16.3. The molecule has 2 N–H and O–H groups in total. The van der Waals surface area contributed by atoms with Crippen molar-refractivity contribution < 1.29 is 14.7 Å². The zero-order valence-corrected chi connectivity index (χ0v) is 19.0. The number of benzene rings is 1. The number of piperidine rings is 3. The molecule has 1 aromatic carbocycles. The van der Waals surface area contributed by atoms with Gasteiger partial charge >= 0.3 is 6.03 Å². The molecule has 3 aliphatic heterocycles. The highest BCUT2D eigenvalue weighted by Crippen LogP contribution is 2.57. The lowest BCUT2D eigenvalue weighted by Gasteiger charge is -2.61. The Bertz CT molecular complexity index is 925. The summed E-state index contributed by atoms with van der Waals surface area (Å²) in [6.07, 6.45) is 5.16. The fourth-order valence-corrected chi connectivity index (χ4v) is 6.95. The molecule has 4 aliphatic rings. The number of nitrogens with one attached hydrogen (secondary N) is 1. The Morgan fingerprint density at radius 1 is 1.13 bits per heavy atom. The van der Waals surface area contributed by atoms with Crippen LogP contribution >= 0.6 is 0 Å². The largest absolute Gasteiger partial charge is 0.508 e. The predicted molar refractivity (Wildman–Crippen MR) is 119 cm³/mol. The zero-order valence-electron chi connectivity index (χ0n) is 19.0. The van der Waals surface area contributed by atoms with Gasteiger partial charge in [0.05, 0.1) is 5.41 Å². The number of carbonyl (C=O) groups excluding carboxylic acids is 2. The summed E-state index contributed by atoms with van der Waals surface area (Å²) in [7, 11) is 0. The number of aromatic hydroxyl groups is 1. The molecule has 0 radical (unpaired) electrons. The summed E-state index contributed by atoms with van der Waals surface area (Å²) in [6.45, 7) is 9.55. The van der Waals surface area contributed by atoms with Gasteiger partial charge in [-0.1, -0.05) is 32.9 Å². The average Bonchev–Trinajstić information content (AvgIpc) is 2.73. The normalized spacial score (nSPS) is 34.3. The highest BCUT2D eigenvalue weighted by Gasteiger charge is 2.58. The Morgan fingerprint density at radius 2 is 1.90 bits per heavy atom. The summed E-state index contributed by atoms with van der Waals surface area (Å²) in [4.78, 5) is 30.5. The number of urea groups is 1. The maximum Gasteiger partial charge on any atom is 0.320 e. The van der Waals surface area contributed by atoms with Gasteiger partial charge in [0.1, 0.15) is 5.75 Å². The second-order valence-corrected chi connectivity index (χ2v) is 11.0. The molecule has 0 saturated carbocycles. The van der Waals surface area contributed by atoms with Crippen LogP contribution in [0, 0.1) is 10.8 Å². The van der Waals surface area contributed by atoms with E-state index in [1.54, 1.807) is 6.07 Å². The number of likely N-dealkylation sites (tertiary alicyclic amines) is 2. The standard InChI is InChI=1S/C25H35N3O3/c1-23(2)20-15-17-18(7-4-8-19(17)29)24(23,3)11-14-28(20)22(31)27-13-6-10-25(16-27)9-5-12-26-21(25)30/h4,7-8,20,29H,5-6,9-16H2,1-3H3,(H,26,30)/t20-,24+,25?/m0/s1. The molecule has 0 aromatic heterocycles. The molecule has 2 bridgehead atoms. The first-order valence-electron chi connectivity index (χ1n) is 11.8. The lowest BCUT2D eigenvalue weighted by molar-refractivity contribution is -0.136. The molecule has 3 saturated heterocycles. The smallest absolute Gasteiger partial charge is 0.320 e. The van der Waals surface area contributed by atoms with E-state index in [1.807, 2.05) is 11.0 Å². The van der Waals surface area contributed by atoms with Gasteiger partial charge in [-0.25, -0.2) is 4.79 Å². The molecule has 31 heavy (non-hydrogen) atoms. The first-order chi connectivity index (χ1) is 14.7. The molecular formula is C25H35N3O3. The minimum Gasteiger partial charge on any atom is -0.508 e. The summed E-state index contributed by atoms with van der Waals surface area (Å²) in [6, 6.07) is 5.95. The maximum absolute atomic E-state index is 13.8. The second kappa shape index (κ2) is 6.88. The van der Waals surface area contributed by atoms with E-state index in [9.17, 15) is 14.7 Å². The molecule has 1 aliphatic carbocycles. The van der Waals surface area contributed by atoms with Crippen LogP contribution in [0.1, 0.15) is 64.0 Å². The van der Waals surface area contributed by atoms with Gasteiger partial charge < -0.3 is 20.2 Å². The van der Waals surface area contributed by atoms with Crippen LogP contribution in [0.4, 0.5) is 4.79 Å². The molecule has 6 heteroatoms. The summed E-state index contributed by atoms with van der Waals surface area (Å²) in [5.41, 5.74) is 1.61. The Balaban J connectivity index is 1.45. The van der Waals surface area contributed by atoms with Gasteiger partial charge in [-0.05, 0) is 61.1 Å². The predicted octanol–water partition coefficient (Wildman–Crippen LogP) is 3.42. The Kier molecular flexibility index (Phi) is 4.58. The van der Waals surface area contributed by atoms with Gasteiger partial charge in [-0.15, -0.1) is 0 Å². The number of fused-ring (bicyclic) bond motifs is 4. The average molecular weight is 426 g/mol. The molecule has 3 heterocycles. The van der Waals surface area contributed by atoms with Gasteiger partial charge in [0.2, 0.25) is 5.91 Å². The summed E-state index contributed by atoms with van der Waals surface area (Å²) in [5.74, 6) is 0.466. The van der Waals surface area contributed by atoms with Gasteiger partial charge in [0.15, 0.2) is 0 Å². The van der Waals surface area contributed by atoms with Crippen molar-refractivity contribution in [3.05, 3.63) is 29.3 Å². The van der Waals surface area contributed by atoms with E-state index >= 15 is 0 Å². The number of hydrogen-bond acceptors (Lipinski definition) is 3. The number of phenols is 1. The quantitative estimate of drug-likeness (QED) is 0.669. The third-order valence-electron chi connectivity index (χ3n) is 9.32. The molecule has 3 atom stereocenters. The van der Waals surface area contributed by atoms with Crippen molar-refractivity contribution in [2.24, 2.45) is 10.8 Å². The maximum atomic E-state index is 13.8. The molecule has 3 amide bonds. The van der Waals surface area contributed by atoms with E-state index in [4.69, 9.17) is 0 Å². The van der Waals surface area contributed by atoms with E-state index in [0.29, 0.717) is 25.3 Å². The van der Waals surface area contributed by atoms with Crippen molar-refractivity contribution in [2.45, 2.75) is 70.8 Å². The van der Waals surface area contributed by atoms with Crippen LogP contribution in [0.5, 0.6) is 5.75 Å². The summed E-state index contributed by atoms with van der Waals surface area (Å²) >= 11 is 0. The van der Waals surface area contributed by atoms with Gasteiger partial charge in [-0.3, -0.25) is 4.79 Å². The van der Waals surface area contributed by atoms with Crippen LogP contribution in [-0.2, 0) is 16.6 Å². The number of hydrogen-bond donors (Lipinski definition) is 2. The fraction of sp³-hybridized carbons (Fsp3) is 0.680. The van der Waals surface area contributed by atoms with Crippen LogP contribution < -0.4 is 5.32 Å². The zero-order chi connectivity index (χ0) is 22.0. The summed E-state index contributed by atoms with van der Waals surface area (Å²) < 4.78 is 0. The molecule has 3 fully saturated rings. The Labute approximate surface area is 185 Å². The first kappa shape index (κ1) is 20.7. The molecule has 5 rings (SSSR count). The fourth-order valence-electron chi connectivity index (χ4n) is 6.95. The van der Waals surface area contributed by atoms with E-state index < -0.39 is 5.41 Å². The molecular weight excluding hydrogens is 390 g/mol. The second-order valence-electron chi connectivity index (χ2n) is 11.0. The number of phenolic OH excluding ortho intramolecular Hbond substituents is 1. The van der Waals surface area contributed by atoms with E-state index in [1.165, 1.54) is 5.56 Å². The van der Waals surface area contributed by atoms with E-state index in [-0.39, 0.29) is 28.8 Å². The van der Waals surface area contributed by atoms with Crippen molar-refractivity contribution in [3.8, 4) is 5.75 Å². The third kappa shape index (κ3) is 2.82. The van der Waals surface area contributed by atoms with Crippen molar-refractivity contribution in [2.75, 3.05) is 26.2 Å². The molecule has 1 unspecified atom stereocenters. The lowest BCUT2D eigenvalue weighted by atomic mass is 9.51. The summed E-state index contributed by atoms with van der Waals surface area (Å²) in [5, 5.41) is 13.6. The third-order valence-corrected chi connectivity index (χ3v) is 9.32. The highest BCUT2D eigenvalue weighted by molar-refractivity contribution is 5.85. The number of nitrogens with zero attached hydrogens (tertiary/aromatic N) is 2. The lowest BCUT2D eigenvalue weighted by Crippen LogP contribution is -2.67. The van der Waals surface area contributed by atoms with Crippen LogP contribution in [0.15, 0.2) is 18.2 Å². The van der Waals surface area contributed by atoms with Crippen molar-refractivity contribution in [3.63, 3.8) is 0 Å². The van der Waals surface area contributed by atoms with Gasteiger partial charge in [-0.2, -0.15) is 0 Å².